The van der Waals surface area contributed by atoms with Gasteiger partial charge in [-0.25, -0.2) is 0 Å². The molecule has 0 fully saturated rings. The highest BCUT2D eigenvalue weighted by atomic mass is 19.3. The zero-order valence-electron chi connectivity index (χ0n) is 7.19. The molecular formula is C7H13F2NO. The highest BCUT2D eigenvalue weighted by Crippen LogP contribution is 2.25. The molecule has 0 rings (SSSR count). The Labute approximate surface area is 65.2 Å². The van der Waals surface area contributed by atoms with Gasteiger partial charge < -0.3 is 4.90 Å². The Hall–Kier alpha value is -0.670. The third-order valence-corrected chi connectivity index (χ3v) is 1.42. The zero-order chi connectivity index (χ0) is 9.23. The summed E-state index contributed by atoms with van der Waals surface area (Å²) >= 11 is 0. The van der Waals surface area contributed by atoms with Gasteiger partial charge in [0.05, 0.1) is 0 Å². The van der Waals surface area contributed by atoms with E-state index in [2.05, 4.69) is 0 Å². The molecule has 66 valence electrons. The molecule has 0 saturated carbocycles. The molecule has 0 unspecified atom stereocenters. The van der Waals surface area contributed by atoms with Crippen LogP contribution < -0.4 is 0 Å². The first-order valence-electron chi connectivity index (χ1n) is 3.39. The van der Waals surface area contributed by atoms with Crippen LogP contribution in [-0.4, -0.2) is 30.8 Å². The van der Waals surface area contributed by atoms with E-state index in [0.717, 1.165) is 4.90 Å². The third kappa shape index (κ3) is 2.13. The summed E-state index contributed by atoms with van der Waals surface area (Å²) in [4.78, 5) is 11.7. The van der Waals surface area contributed by atoms with Crippen molar-refractivity contribution >= 4 is 5.91 Å². The molecule has 0 aliphatic carbocycles. The van der Waals surface area contributed by atoms with E-state index in [9.17, 15) is 13.6 Å². The minimum atomic E-state index is -3.23. The summed E-state index contributed by atoms with van der Waals surface area (Å²) in [5.74, 6) is -5.31. The van der Waals surface area contributed by atoms with Crippen LogP contribution in [0.3, 0.4) is 0 Å². The molecule has 0 spiro atoms. The molecular weight excluding hydrogens is 152 g/mol. The van der Waals surface area contributed by atoms with E-state index in [-0.39, 0.29) is 0 Å². The Kier molecular flexibility index (Phi) is 2.96. The van der Waals surface area contributed by atoms with Crippen LogP contribution in [0.2, 0.25) is 0 Å². The van der Waals surface area contributed by atoms with Gasteiger partial charge in [-0.3, -0.25) is 4.79 Å². The first kappa shape index (κ1) is 10.3. The lowest BCUT2D eigenvalue weighted by atomic mass is 10.1. The van der Waals surface area contributed by atoms with Gasteiger partial charge in [-0.1, -0.05) is 13.8 Å². The van der Waals surface area contributed by atoms with Gasteiger partial charge in [-0.05, 0) is 0 Å². The second-order valence-electron chi connectivity index (χ2n) is 2.98. The highest BCUT2D eigenvalue weighted by Gasteiger charge is 2.43. The molecule has 1 amide bonds. The lowest BCUT2D eigenvalue weighted by molar-refractivity contribution is -0.161. The zero-order valence-corrected chi connectivity index (χ0v) is 7.19. The second-order valence-corrected chi connectivity index (χ2v) is 2.98. The fourth-order valence-electron chi connectivity index (χ4n) is 0.545. The van der Waals surface area contributed by atoms with Gasteiger partial charge >= 0.3 is 5.92 Å². The maximum atomic E-state index is 12.8. The Bertz CT molecular complexity index is 155. The molecule has 0 N–H and O–H groups in total. The van der Waals surface area contributed by atoms with E-state index in [1.165, 1.54) is 27.9 Å². The number of halogens is 2. The molecule has 2 nitrogen and oxygen atoms in total. The maximum Gasteiger partial charge on any atom is 0.326 e. The van der Waals surface area contributed by atoms with Gasteiger partial charge in [0.1, 0.15) is 0 Å². The van der Waals surface area contributed by atoms with Gasteiger partial charge in [0, 0.05) is 20.0 Å². The van der Waals surface area contributed by atoms with Crippen molar-refractivity contribution < 1.29 is 13.6 Å². The number of amides is 1. The molecule has 0 bridgehead atoms. The molecule has 0 aliphatic rings. The van der Waals surface area contributed by atoms with Crippen molar-refractivity contribution in [3.05, 3.63) is 0 Å². The van der Waals surface area contributed by atoms with Crippen LogP contribution in [0.1, 0.15) is 13.8 Å². The first-order valence-corrected chi connectivity index (χ1v) is 3.39. The van der Waals surface area contributed by atoms with Gasteiger partial charge in [0.2, 0.25) is 0 Å². The topological polar surface area (TPSA) is 20.3 Å². The van der Waals surface area contributed by atoms with E-state index >= 15 is 0 Å². The summed E-state index contributed by atoms with van der Waals surface area (Å²) in [5.41, 5.74) is 0. The van der Waals surface area contributed by atoms with Gasteiger partial charge in [0.15, 0.2) is 0 Å². The molecule has 0 aliphatic heterocycles. The summed E-state index contributed by atoms with van der Waals surface area (Å²) in [6, 6.07) is 0. The van der Waals surface area contributed by atoms with Crippen molar-refractivity contribution in [1.82, 2.24) is 4.90 Å². The first-order chi connectivity index (χ1) is 4.80. The van der Waals surface area contributed by atoms with Gasteiger partial charge in [0.25, 0.3) is 5.91 Å². The number of rotatable bonds is 2. The van der Waals surface area contributed by atoms with Crippen molar-refractivity contribution in [2.45, 2.75) is 19.8 Å². The molecule has 0 aromatic heterocycles. The van der Waals surface area contributed by atoms with Crippen molar-refractivity contribution in [3.8, 4) is 0 Å². The lowest BCUT2D eigenvalue weighted by Crippen LogP contribution is -2.42. The molecule has 4 heteroatoms. The Morgan fingerprint density at radius 1 is 1.36 bits per heavy atom. The van der Waals surface area contributed by atoms with E-state index in [1.807, 2.05) is 0 Å². The number of carbonyl (C=O) groups is 1. The Balaban J connectivity index is 4.43. The summed E-state index contributed by atoms with van der Waals surface area (Å²) in [5, 5.41) is 0. The van der Waals surface area contributed by atoms with Crippen LogP contribution in [0, 0.1) is 5.92 Å². The highest BCUT2D eigenvalue weighted by molar-refractivity contribution is 5.83. The van der Waals surface area contributed by atoms with E-state index < -0.39 is 17.7 Å². The molecule has 0 saturated heterocycles. The minimum absolute atomic E-state index is 0.903. The number of nitrogens with zero attached hydrogens (tertiary/aromatic N) is 1. The molecule has 11 heavy (non-hydrogen) atoms. The number of alkyl halides is 2. The smallest absolute Gasteiger partial charge is 0.326 e. The molecule has 0 aromatic rings. The minimum Gasteiger partial charge on any atom is -0.344 e. The quantitative estimate of drug-likeness (QED) is 0.605. The predicted octanol–water partition coefficient (Wildman–Crippen LogP) is 1.37. The molecule has 0 heterocycles. The monoisotopic (exact) mass is 165 g/mol. The van der Waals surface area contributed by atoms with Crippen LogP contribution in [0.15, 0.2) is 0 Å². The summed E-state index contributed by atoms with van der Waals surface area (Å²) in [6.07, 6.45) is 0. The SMILES string of the molecule is CC(C)C(F)(F)C(=O)N(C)C. The number of hydrogen-bond donors (Lipinski definition) is 0. The molecule has 0 radical (unpaired) electrons. The predicted molar refractivity (Wildman–Crippen MR) is 38.5 cm³/mol. The largest absolute Gasteiger partial charge is 0.344 e. The fraction of sp³-hybridized carbons (Fsp3) is 0.857. The normalized spacial score (nSPS) is 11.9. The summed E-state index contributed by atoms with van der Waals surface area (Å²) in [6.45, 7) is 2.64. The van der Waals surface area contributed by atoms with E-state index in [1.54, 1.807) is 0 Å². The number of carbonyl (C=O) groups excluding carboxylic acids is 1. The van der Waals surface area contributed by atoms with Crippen LogP contribution in [0.25, 0.3) is 0 Å². The lowest BCUT2D eigenvalue weighted by Gasteiger charge is -2.22. The van der Waals surface area contributed by atoms with Gasteiger partial charge in [-0.2, -0.15) is 8.78 Å². The number of hydrogen-bond acceptors (Lipinski definition) is 1. The van der Waals surface area contributed by atoms with Crippen LogP contribution in [-0.2, 0) is 4.79 Å². The molecule has 0 atom stereocenters. The van der Waals surface area contributed by atoms with Gasteiger partial charge in [-0.15, -0.1) is 0 Å². The fourth-order valence-corrected chi connectivity index (χ4v) is 0.545. The maximum absolute atomic E-state index is 12.8. The van der Waals surface area contributed by atoms with Crippen molar-refractivity contribution in [1.29, 1.82) is 0 Å². The Morgan fingerprint density at radius 3 is 1.82 bits per heavy atom. The van der Waals surface area contributed by atoms with Crippen LogP contribution in [0.4, 0.5) is 8.78 Å². The van der Waals surface area contributed by atoms with Crippen LogP contribution >= 0.6 is 0 Å². The summed E-state index contributed by atoms with van der Waals surface area (Å²) in [7, 11) is 2.64. The Morgan fingerprint density at radius 2 is 1.73 bits per heavy atom. The van der Waals surface area contributed by atoms with Crippen molar-refractivity contribution in [2.24, 2.45) is 5.92 Å². The van der Waals surface area contributed by atoms with Crippen LogP contribution in [0.5, 0.6) is 0 Å². The van der Waals surface area contributed by atoms with Crippen molar-refractivity contribution in [2.75, 3.05) is 14.1 Å². The second kappa shape index (κ2) is 3.15. The average Bonchev–Trinajstić information content (AvgIpc) is 1.85. The van der Waals surface area contributed by atoms with E-state index in [0.29, 0.717) is 0 Å². The van der Waals surface area contributed by atoms with Crippen molar-refractivity contribution in [3.63, 3.8) is 0 Å². The standard InChI is InChI=1S/C7H13F2NO/c1-5(2)7(8,9)6(11)10(3)4/h5H,1-4H3. The molecule has 0 aromatic carbocycles. The van der Waals surface area contributed by atoms with E-state index in [4.69, 9.17) is 0 Å². The third-order valence-electron chi connectivity index (χ3n) is 1.42. The average molecular weight is 165 g/mol. The summed E-state index contributed by atoms with van der Waals surface area (Å²) < 4.78 is 25.6.